The molecule has 2 aromatic heterocycles. The maximum atomic E-state index is 13.9. The Bertz CT molecular complexity index is 1180. The van der Waals surface area contributed by atoms with Crippen molar-refractivity contribution >= 4 is 23.0 Å². The lowest BCUT2D eigenvalue weighted by Gasteiger charge is -2.29. The van der Waals surface area contributed by atoms with Crippen molar-refractivity contribution in [1.29, 1.82) is 0 Å². The van der Waals surface area contributed by atoms with E-state index in [2.05, 4.69) is 21.3 Å². The van der Waals surface area contributed by atoms with Crippen LogP contribution < -0.4 is 10.2 Å². The number of nitrogens with one attached hydrogen (secondary N) is 1. The van der Waals surface area contributed by atoms with Crippen LogP contribution in [-0.2, 0) is 0 Å². The van der Waals surface area contributed by atoms with Crippen LogP contribution >= 0.6 is 12.2 Å². The summed E-state index contributed by atoms with van der Waals surface area (Å²) >= 11 is 5.75. The van der Waals surface area contributed by atoms with Gasteiger partial charge in [-0.1, -0.05) is 30.3 Å². The number of aromatic nitrogens is 2. The molecule has 3 heterocycles. The Morgan fingerprint density at radius 2 is 1.67 bits per heavy atom. The van der Waals surface area contributed by atoms with Gasteiger partial charge in [0.05, 0.1) is 11.7 Å². The molecule has 1 fully saturated rings. The lowest BCUT2D eigenvalue weighted by atomic mass is 10.0. The number of hydrogen-bond donors (Lipinski definition) is 1. The highest BCUT2D eigenvalue weighted by Gasteiger charge is 2.42. The number of anilines is 1. The van der Waals surface area contributed by atoms with Gasteiger partial charge in [0.15, 0.2) is 5.11 Å². The minimum Gasteiger partial charge on any atom is -0.351 e. The Kier molecular flexibility index (Phi) is 4.77. The fourth-order valence-corrected chi connectivity index (χ4v) is 4.36. The van der Waals surface area contributed by atoms with E-state index in [1.807, 2.05) is 71.4 Å². The van der Waals surface area contributed by atoms with Crippen molar-refractivity contribution in [3.05, 3.63) is 115 Å². The van der Waals surface area contributed by atoms with Crippen LogP contribution in [-0.4, -0.2) is 14.7 Å². The minimum atomic E-state index is -0.270. The summed E-state index contributed by atoms with van der Waals surface area (Å²) in [6, 6.07) is 26.2. The summed E-state index contributed by atoms with van der Waals surface area (Å²) in [5, 5.41) is 4.09. The van der Waals surface area contributed by atoms with Crippen LogP contribution in [0.3, 0.4) is 0 Å². The molecule has 1 saturated heterocycles. The molecule has 2 aromatic carbocycles. The van der Waals surface area contributed by atoms with E-state index in [1.54, 1.807) is 12.3 Å². The van der Waals surface area contributed by atoms with Gasteiger partial charge in [-0.25, -0.2) is 4.39 Å². The molecule has 5 rings (SSSR count). The van der Waals surface area contributed by atoms with Crippen LogP contribution in [0.5, 0.6) is 0 Å². The van der Waals surface area contributed by atoms with E-state index in [4.69, 9.17) is 12.2 Å². The van der Waals surface area contributed by atoms with Gasteiger partial charge in [-0.05, 0) is 66.8 Å². The second kappa shape index (κ2) is 7.72. The first-order valence-corrected chi connectivity index (χ1v) is 10.1. The summed E-state index contributed by atoms with van der Waals surface area (Å²) in [6.45, 7) is 0. The van der Waals surface area contributed by atoms with Crippen LogP contribution in [0, 0.1) is 5.82 Å². The first-order chi connectivity index (χ1) is 14.7. The topological polar surface area (TPSA) is 33.1 Å². The molecular weight excluding hydrogens is 395 g/mol. The van der Waals surface area contributed by atoms with Crippen LogP contribution in [0.4, 0.5) is 10.1 Å². The van der Waals surface area contributed by atoms with Crippen molar-refractivity contribution in [2.24, 2.45) is 0 Å². The van der Waals surface area contributed by atoms with Crippen molar-refractivity contribution in [2.45, 2.75) is 12.1 Å². The third kappa shape index (κ3) is 3.25. The number of nitrogens with zero attached hydrogens (tertiary/aromatic N) is 3. The van der Waals surface area contributed by atoms with Gasteiger partial charge in [0.2, 0.25) is 0 Å². The maximum Gasteiger partial charge on any atom is 0.174 e. The Labute approximate surface area is 179 Å². The van der Waals surface area contributed by atoms with Gasteiger partial charge in [-0.3, -0.25) is 4.98 Å². The molecule has 0 radical (unpaired) electrons. The van der Waals surface area contributed by atoms with E-state index in [-0.39, 0.29) is 17.9 Å². The number of thiocarbonyl (C=S) groups is 1. The molecule has 0 unspecified atom stereocenters. The van der Waals surface area contributed by atoms with Gasteiger partial charge < -0.3 is 14.8 Å². The number of rotatable bonds is 4. The first-order valence-electron chi connectivity index (χ1n) is 9.71. The molecule has 30 heavy (non-hydrogen) atoms. The van der Waals surface area contributed by atoms with Crippen LogP contribution in [0.1, 0.15) is 23.5 Å². The molecule has 0 saturated carbocycles. The van der Waals surface area contributed by atoms with E-state index in [9.17, 15) is 4.39 Å². The average molecular weight is 415 g/mol. The Balaban J connectivity index is 1.67. The zero-order chi connectivity index (χ0) is 20.5. The summed E-state index contributed by atoms with van der Waals surface area (Å²) in [5.74, 6) is -0.270. The van der Waals surface area contributed by atoms with Gasteiger partial charge in [0.25, 0.3) is 0 Å². The standard InChI is InChI=1S/C24H19FN4S/c25-17-8-6-11-19(16-17)28-15-7-13-21(28)23-22(20-12-4-5-14-26-20)27-24(30)29(23)18-9-2-1-3-10-18/h1-16,22-23H,(H,27,30)/t22-,23-/m0/s1. The van der Waals surface area contributed by atoms with Crippen molar-refractivity contribution < 1.29 is 4.39 Å². The predicted octanol–water partition coefficient (Wildman–Crippen LogP) is 5.19. The van der Waals surface area contributed by atoms with E-state index >= 15 is 0 Å². The molecule has 1 aliphatic rings. The quantitative estimate of drug-likeness (QED) is 0.466. The second-order valence-corrected chi connectivity index (χ2v) is 7.50. The van der Waals surface area contributed by atoms with Gasteiger partial charge in [0, 0.05) is 29.5 Å². The Hall–Kier alpha value is -3.51. The minimum absolute atomic E-state index is 0.152. The monoisotopic (exact) mass is 414 g/mol. The molecule has 4 nitrogen and oxygen atoms in total. The first kappa shape index (κ1) is 18.5. The highest BCUT2D eigenvalue weighted by Crippen LogP contribution is 2.42. The van der Waals surface area contributed by atoms with Crippen molar-refractivity contribution in [2.75, 3.05) is 4.90 Å². The van der Waals surface area contributed by atoms with Gasteiger partial charge >= 0.3 is 0 Å². The number of benzene rings is 2. The number of hydrogen-bond acceptors (Lipinski definition) is 2. The van der Waals surface area contributed by atoms with Crippen molar-refractivity contribution in [1.82, 2.24) is 14.9 Å². The zero-order valence-corrected chi connectivity index (χ0v) is 16.8. The molecule has 2 atom stereocenters. The highest BCUT2D eigenvalue weighted by atomic mass is 32.1. The highest BCUT2D eigenvalue weighted by molar-refractivity contribution is 7.80. The normalized spacial score (nSPS) is 18.4. The van der Waals surface area contributed by atoms with E-state index < -0.39 is 0 Å². The van der Waals surface area contributed by atoms with Gasteiger partial charge in [-0.2, -0.15) is 0 Å². The molecular formula is C24H19FN4S. The Morgan fingerprint density at radius 3 is 2.43 bits per heavy atom. The maximum absolute atomic E-state index is 13.9. The SMILES string of the molecule is Fc1cccc(-n2cccc2[C@H]2[C@H](c3ccccn3)NC(=S)N2c2ccccc2)c1. The fourth-order valence-electron chi connectivity index (χ4n) is 4.02. The third-order valence-electron chi connectivity index (χ3n) is 5.30. The van der Waals surface area contributed by atoms with Gasteiger partial charge in [-0.15, -0.1) is 0 Å². The lowest BCUT2D eigenvalue weighted by Crippen LogP contribution is -2.30. The molecule has 0 aliphatic carbocycles. The summed E-state index contributed by atoms with van der Waals surface area (Å²) in [7, 11) is 0. The molecule has 148 valence electrons. The molecule has 4 aromatic rings. The molecule has 1 aliphatic heterocycles. The largest absolute Gasteiger partial charge is 0.351 e. The molecule has 1 N–H and O–H groups in total. The molecule has 0 bridgehead atoms. The number of halogens is 1. The lowest BCUT2D eigenvalue weighted by molar-refractivity contribution is 0.549. The number of para-hydroxylation sites is 1. The van der Waals surface area contributed by atoms with E-state index in [1.165, 1.54) is 12.1 Å². The summed E-state index contributed by atoms with van der Waals surface area (Å²) in [4.78, 5) is 6.69. The summed E-state index contributed by atoms with van der Waals surface area (Å²) < 4.78 is 16.0. The van der Waals surface area contributed by atoms with Crippen LogP contribution in [0.15, 0.2) is 97.3 Å². The van der Waals surface area contributed by atoms with Crippen molar-refractivity contribution in [3.63, 3.8) is 0 Å². The van der Waals surface area contributed by atoms with Crippen LogP contribution in [0.25, 0.3) is 5.69 Å². The fraction of sp³-hybridized carbons (Fsp3) is 0.0833. The summed E-state index contributed by atoms with van der Waals surface area (Å²) in [5.41, 5.74) is 3.65. The molecule has 0 amide bonds. The third-order valence-corrected chi connectivity index (χ3v) is 5.62. The smallest absolute Gasteiger partial charge is 0.174 e. The second-order valence-electron chi connectivity index (χ2n) is 7.12. The number of pyridine rings is 1. The average Bonchev–Trinajstić information content (AvgIpc) is 3.39. The van der Waals surface area contributed by atoms with E-state index in [0.29, 0.717) is 5.11 Å². The van der Waals surface area contributed by atoms with E-state index in [0.717, 1.165) is 22.8 Å². The van der Waals surface area contributed by atoms with Crippen molar-refractivity contribution in [3.8, 4) is 5.69 Å². The predicted molar refractivity (Wildman–Crippen MR) is 120 cm³/mol. The Morgan fingerprint density at radius 1 is 0.867 bits per heavy atom. The van der Waals surface area contributed by atoms with Gasteiger partial charge in [0.1, 0.15) is 11.9 Å². The molecule has 0 spiro atoms. The molecule has 6 heteroatoms. The zero-order valence-electron chi connectivity index (χ0n) is 16.0. The van der Waals surface area contributed by atoms with Crippen LogP contribution in [0.2, 0.25) is 0 Å². The summed E-state index contributed by atoms with van der Waals surface area (Å²) in [6.07, 6.45) is 3.73.